The molecule has 2 aromatic rings. The van der Waals surface area contributed by atoms with Crippen LogP contribution in [-0.2, 0) is 19.0 Å². The number of hydrogen-bond acceptors (Lipinski definition) is 2. The summed E-state index contributed by atoms with van der Waals surface area (Å²) >= 11 is 0. The Morgan fingerprint density at radius 2 is 1.70 bits per heavy atom. The van der Waals surface area contributed by atoms with E-state index < -0.39 is 11.7 Å². The van der Waals surface area contributed by atoms with Crippen molar-refractivity contribution in [3.05, 3.63) is 58.7 Å². The number of alkyl halides is 3. The Labute approximate surface area is 156 Å². The largest absolute Gasteiger partial charge is 0.454 e. The third-order valence-electron chi connectivity index (χ3n) is 5.78. The van der Waals surface area contributed by atoms with Gasteiger partial charge in [0.05, 0.1) is 26.2 Å². The summed E-state index contributed by atoms with van der Waals surface area (Å²) in [7, 11) is 4.43. The highest BCUT2D eigenvalue weighted by Gasteiger charge is 2.37. The van der Waals surface area contributed by atoms with Gasteiger partial charge in [0, 0.05) is 18.4 Å². The number of nitrogens with zero attached hydrogens (tertiary/aromatic N) is 1. The van der Waals surface area contributed by atoms with E-state index in [-0.39, 0.29) is 12.8 Å². The number of rotatable bonds is 3. The molecule has 0 spiro atoms. The van der Waals surface area contributed by atoms with Gasteiger partial charge < -0.3 is 14.0 Å². The first-order chi connectivity index (χ1) is 12.7. The molecule has 4 rings (SSSR count). The summed E-state index contributed by atoms with van der Waals surface area (Å²) in [6.07, 6.45) is -1.71. The number of ether oxygens (including phenoxy) is 2. The van der Waals surface area contributed by atoms with Crippen LogP contribution in [0.5, 0.6) is 11.5 Å². The molecule has 2 heterocycles. The van der Waals surface area contributed by atoms with E-state index in [9.17, 15) is 13.2 Å². The van der Waals surface area contributed by atoms with E-state index in [1.54, 1.807) is 12.1 Å². The second-order valence-corrected chi connectivity index (χ2v) is 7.91. The standard InChI is InChI=1S/C21H23F3NO2/c1-25(2)10-9-15-11-19-20(27-13-26-19)12-17(15)18(25)8-5-14-3-6-16(7-4-14)21(22,23)24/h3-4,6-7,11-12,18H,5,8-10,13H2,1-2H3/q+1. The topological polar surface area (TPSA) is 18.5 Å². The number of likely N-dealkylation sites (N-methyl/N-ethyl adjacent to an activating group) is 1. The summed E-state index contributed by atoms with van der Waals surface area (Å²) < 4.78 is 50.2. The molecular formula is C21H23F3NO2+. The first kappa shape index (κ1) is 18.2. The molecule has 2 aliphatic rings. The number of benzene rings is 2. The zero-order valence-electron chi connectivity index (χ0n) is 15.5. The quantitative estimate of drug-likeness (QED) is 0.719. The number of aryl methyl sites for hydroxylation is 1. The van der Waals surface area contributed by atoms with Crippen molar-refractivity contribution in [2.45, 2.75) is 31.5 Å². The number of quaternary nitrogens is 1. The van der Waals surface area contributed by atoms with Gasteiger partial charge >= 0.3 is 6.18 Å². The van der Waals surface area contributed by atoms with Gasteiger partial charge in [-0.2, -0.15) is 13.2 Å². The predicted octanol–water partition coefficient (Wildman–Crippen LogP) is 4.74. The molecule has 6 heteroatoms. The molecule has 0 bridgehead atoms. The van der Waals surface area contributed by atoms with Crippen LogP contribution in [0.25, 0.3) is 0 Å². The summed E-state index contributed by atoms with van der Waals surface area (Å²) in [5, 5.41) is 0. The van der Waals surface area contributed by atoms with Crippen LogP contribution in [-0.4, -0.2) is 31.9 Å². The van der Waals surface area contributed by atoms with Crippen LogP contribution >= 0.6 is 0 Å². The monoisotopic (exact) mass is 378 g/mol. The van der Waals surface area contributed by atoms with Crippen molar-refractivity contribution in [3.8, 4) is 11.5 Å². The number of fused-ring (bicyclic) bond motifs is 2. The Hall–Kier alpha value is -2.21. The summed E-state index contributed by atoms with van der Waals surface area (Å²) in [5.41, 5.74) is 2.88. The smallest absolute Gasteiger partial charge is 0.416 e. The second kappa shape index (κ2) is 6.44. The molecule has 144 valence electrons. The Bertz CT molecular complexity index is 844. The minimum absolute atomic E-state index is 0.257. The van der Waals surface area contributed by atoms with Gasteiger partial charge in [-0.25, -0.2) is 0 Å². The SMILES string of the molecule is C[N+]1(C)CCc2cc3c(cc2C1CCc1ccc(C(F)(F)F)cc1)OCO3. The molecule has 2 aromatic carbocycles. The predicted molar refractivity (Wildman–Crippen MR) is 95.8 cm³/mol. The van der Waals surface area contributed by atoms with Gasteiger partial charge in [0.1, 0.15) is 6.04 Å². The zero-order valence-corrected chi connectivity index (χ0v) is 15.5. The molecule has 0 fully saturated rings. The van der Waals surface area contributed by atoms with Crippen LogP contribution in [0.3, 0.4) is 0 Å². The minimum Gasteiger partial charge on any atom is -0.454 e. The lowest BCUT2D eigenvalue weighted by molar-refractivity contribution is -0.923. The molecule has 0 radical (unpaired) electrons. The average Bonchev–Trinajstić information content (AvgIpc) is 3.06. The summed E-state index contributed by atoms with van der Waals surface area (Å²) in [5.74, 6) is 1.60. The molecule has 27 heavy (non-hydrogen) atoms. The molecule has 0 N–H and O–H groups in total. The van der Waals surface area contributed by atoms with E-state index in [1.807, 2.05) is 0 Å². The molecule has 0 aromatic heterocycles. The zero-order chi connectivity index (χ0) is 19.2. The van der Waals surface area contributed by atoms with Gasteiger partial charge in [-0.15, -0.1) is 0 Å². The van der Waals surface area contributed by atoms with E-state index in [4.69, 9.17) is 9.47 Å². The Morgan fingerprint density at radius 3 is 2.37 bits per heavy atom. The van der Waals surface area contributed by atoms with Crippen LogP contribution in [0.4, 0.5) is 13.2 Å². The van der Waals surface area contributed by atoms with Crippen molar-refractivity contribution in [1.82, 2.24) is 0 Å². The molecule has 0 saturated carbocycles. The fourth-order valence-corrected chi connectivity index (χ4v) is 4.14. The third-order valence-corrected chi connectivity index (χ3v) is 5.78. The van der Waals surface area contributed by atoms with E-state index in [0.717, 1.165) is 47.4 Å². The van der Waals surface area contributed by atoms with E-state index >= 15 is 0 Å². The van der Waals surface area contributed by atoms with Crippen LogP contribution in [0.1, 0.15) is 34.7 Å². The van der Waals surface area contributed by atoms with E-state index in [2.05, 4.69) is 26.2 Å². The van der Waals surface area contributed by atoms with Crippen LogP contribution in [0.2, 0.25) is 0 Å². The molecule has 0 amide bonds. The van der Waals surface area contributed by atoms with E-state index in [1.165, 1.54) is 23.3 Å². The summed E-state index contributed by atoms with van der Waals surface area (Å²) in [6, 6.07) is 9.96. The van der Waals surface area contributed by atoms with Gasteiger partial charge in [-0.1, -0.05) is 12.1 Å². The summed E-state index contributed by atoms with van der Waals surface area (Å²) in [4.78, 5) is 0. The maximum Gasteiger partial charge on any atom is 0.416 e. The normalized spacial score (nSPS) is 20.4. The van der Waals surface area contributed by atoms with Crippen molar-refractivity contribution in [2.24, 2.45) is 0 Å². The van der Waals surface area contributed by atoms with Crippen molar-refractivity contribution >= 4 is 0 Å². The molecule has 0 saturated heterocycles. The molecule has 1 atom stereocenters. The molecule has 0 aliphatic carbocycles. The highest BCUT2D eigenvalue weighted by Crippen LogP contribution is 2.43. The first-order valence-electron chi connectivity index (χ1n) is 9.15. The van der Waals surface area contributed by atoms with Crippen LogP contribution in [0, 0.1) is 0 Å². The minimum atomic E-state index is -4.29. The second-order valence-electron chi connectivity index (χ2n) is 7.91. The third kappa shape index (κ3) is 3.50. The van der Waals surface area contributed by atoms with Gasteiger partial charge in [0.25, 0.3) is 0 Å². The molecule has 1 unspecified atom stereocenters. The fourth-order valence-electron chi connectivity index (χ4n) is 4.14. The van der Waals surface area contributed by atoms with Crippen molar-refractivity contribution in [1.29, 1.82) is 0 Å². The number of hydrogen-bond donors (Lipinski definition) is 0. The lowest BCUT2D eigenvalue weighted by atomic mass is 9.87. The maximum absolute atomic E-state index is 12.7. The van der Waals surface area contributed by atoms with Crippen LogP contribution < -0.4 is 9.47 Å². The van der Waals surface area contributed by atoms with Crippen molar-refractivity contribution in [3.63, 3.8) is 0 Å². The first-order valence-corrected chi connectivity index (χ1v) is 9.15. The highest BCUT2D eigenvalue weighted by molar-refractivity contribution is 5.50. The van der Waals surface area contributed by atoms with Crippen molar-refractivity contribution in [2.75, 3.05) is 27.4 Å². The van der Waals surface area contributed by atoms with Gasteiger partial charge in [0.2, 0.25) is 6.79 Å². The molecular weight excluding hydrogens is 355 g/mol. The van der Waals surface area contributed by atoms with Crippen LogP contribution in [0.15, 0.2) is 36.4 Å². The number of halogens is 3. The van der Waals surface area contributed by atoms with Gasteiger partial charge in [0.15, 0.2) is 11.5 Å². The summed E-state index contributed by atoms with van der Waals surface area (Å²) in [6.45, 7) is 1.27. The molecule has 3 nitrogen and oxygen atoms in total. The molecule has 2 aliphatic heterocycles. The lowest BCUT2D eigenvalue weighted by Gasteiger charge is -2.43. The fraction of sp³-hybridized carbons (Fsp3) is 0.429. The maximum atomic E-state index is 12.7. The lowest BCUT2D eigenvalue weighted by Crippen LogP contribution is -2.48. The Kier molecular flexibility index (Phi) is 4.34. The average molecular weight is 378 g/mol. The Morgan fingerprint density at radius 1 is 1.04 bits per heavy atom. The van der Waals surface area contributed by atoms with Gasteiger partial charge in [-0.3, -0.25) is 0 Å². The van der Waals surface area contributed by atoms with Gasteiger partial charge in [-0.05, 0) is 41.8 Å². The highest BCUT2D eigenvalue weighted by atomic mass is 19.4. The van der Waals surface area contributed by atoms with Crippen molar-refractivity contribution < 1.29 is 27.1 Å². The van der Waals surface area contributed by atoms with E-state index in [0.29, 0.717) is 0 Å². The Balaban J connectivity index is 1.56.